The second kappa shape index (κ2) is 8.58. The molecule has 1 heterocycles. The molecule has 5 fully saturated rings. The Morgan fingerprint density at radius 3 is 2.19 bits per heavy atom. The molecule has 4 saturated carbocycles. The van der Waals surface area contributed by atoms with Crippen LogP contribution >= 0.6 is 0 Å². The van der Waals surface area contributed by atoms with Gasteiger partial charge in [0.2, 0.25) is 15.9 Å². The van der Waals surface area contributed by atoms with Crippen LogP contribution in [0.25, 0.3) is 6.08 Å². The number of morpholine rings is 1. The van der Waals surface area contributed by atoms with Gasteiger partial charge in [0.25, 0.3) is 0 Å². The number of nitrogens with zero attached hydrogens (tertiary/aromatic N) is 1. The summed E-state index contributed by atoms with van der Waals surface area (Å²) in [6.07, 6.45) is 11.3. The molecule has 0 aromatic heterocycles. The normalized spacial score (nSPS) is 33.5. The molecule has 1 atom stereocenters. The van der Waals surface area contributed by atoms with Crippen LogP contribution in [0.3, 0.4) is 0 Å². The topological polar surface area (TPSA) is 75.7 Å². The standard InChI is InChI=1S/C25H34N2O4S/c1-18(25-15-20-12-21(16-25)14-22(13-20)17-25)26-24(28)7-4-19-2-5-23(6-3-19)32(29,30)27-8-10-31-11-9-27/h2-7,18,20-22H,8-17H2,1H3,(H,26,28)/b7-4+. The lowest BCUT2D eigenvalue weighted by Crippen LogP contribution is -2.55. The van der Waals surface area contributed by atoms with Crippen molar-refractivity contribution in [2.24, 2.45) is 23.2 Å². The van der Waals surface area contributed by atoms with Gasteiger partial charge in [-0.1, -0.05) is 12.1 Å². The number of benzene rings is 1. The smallest absolute Gasteiger partial charge is 0.244 e. The van der Waals surface area contributed by atoms with E-state index in [0.29, 0.717) is 26.3 Å². The van der Waals surface area contributed by atoms with E-state index in [1.54, 1.807) is 36.4 Å². The van der Waals surface area contributed by atoms with Gasteiger partial charge < -0.3 is 10.1 Å². The van der Waals surface area contributed by atoms with Gasteiger partial charge in [0.05, 0.1) is 18.1 Å². The highest BCUT2D eigenvalue weighted by molar-refractivity contribution is 7.89. The quantitative estimate of drug-likeness (QED) is 0.663. The number of ether oxygens (including phenoxy) is 1. The summed E-state index contributed by atoms with van der Waals surface area (Å²) in [6.45, 7) is 3.80. The molecule has 32 heavy (non-hydrogen) atoms. The van der Waals surface area contributed by atoms with Crippen LogP contribution in [0.5, 0.6) is 0 Å². The van der Waals surface area contributed by atoms with Crippen molar-refractivity contribution in [2.45, 2.75) is 56.4 Å². The molecule has 1 aromatic rings. The minimum atomic E-state index is -3.50. The van der Waals surface area contributed by atoms with Gasteiger partial charge in [-0.05, 0) is 92.4 Å². The van der Waals surface area contributed by atoms with Gasteiger partial charge in [0.1, 0.15) is 0 Å². The van der Waals surface area contributed by atoms with Crippen LogP contribution in [0.1, 0.15) is 51.0 Å². The second-order valence-corrected chi connectivity index (χ2v) is 12.4. The van der Waals surface area contributed by atoms with Gasteiger partial charge in [0, 0.05) is 25.2 Å². The van der Waals surface area contributed by atoms with Crippen LogP contribution in [0.15, 0.2) is 35.2 Å². The lowest BCUT2D eigenvalue weighted by molar-refractivity contribution is -0.121. The minimum Gasteiger partial charge on any atom is -0.379 e. The van der Waals surface area contributed by atoms with Crippen LogP contribution in [0, 0.1) is 23.2 Å². The van der Waals surface area contributed by atoms with E-state index in [-0.39, 0.29) is 22.3 Å². The summed E-state index contributed by atoms with van der Waals surface area (Å²) in [6, 6.07) is 6.91. The van der Waals surface area contributed by atoms with Gasteiger partial charge in [-0.2, -0.15) is 4.31 Å². The molecular weight excluding hydrogens is 424 g/mol. The van der Waals surface area contributed by atoms with Crippen molar-refractivity contribution in [1.29, 1.82) is 0 Å². The van der Waals surface area contributed by atoms with E-state index < -0.39 is 10.0 Å². The fourth-order valence-electron chi connectivity index (χ4n) is 6.98. The average molecular weight is 459 g/mol. The number of nitrogens with one attached hydrogen (secondary N) is 1. The fraction of sp³-hybridized carbons (Fsp3) is 0.640. The Morgan fingerprint density at radius 2 is 1.62 bits per heavy atom. The molecule has 1 amide bonds. The van der Waals surface area contributed by atoms with Crippen molar-refractivity contribution in [2.75, 3.05) is 26.3 Å². The maximum Gasteiger partial charge on any atom is 0.244 e. The maximum absolute atomic E-state index is 12.7. The van der Waals surface area contributed by atoms with Gasteiger partial charge in [0.15, 0.2) is 0 Å². The van der Waals surface area contributed by atoms with Gasteiger partial charge in [-0.3, -0.25) is 4.79 Å². The van der Waals surface area contributed by atoms with Crippen LogP contribution in [0.4, 0.5) is 0 Å². The van der Waals surface area contributed by atoms with Gasteiger partial charge in [-0.25, -0.2) is 8.42 Å². The number of carbonyl (C=O) groups excluding carboxylic acids is 1. The first kappa shape index (κ1) is 22.1. The summed E-state index contributed by atoms with van der Waals surface area (Å²) in [5.41, 5.74) is 1.09. The van der Waals surface area contributed by atoms with Crippen LogP contribution < -0.4 is 5.32 Å². The summed E-state index contributed by atoms with van der Waals surface area (Å²) in [5.74, 6) is 2.52. The molecule has 1 aliphatic heterocycles. The molecule has 5 aliphatic rings. The molecule has 0 spiro atoms. The zero-order valence-corrected chi connectivity index (χ0v) is 19.6. The van der Waals surface area contributed by atoms with E-state index in [1.165, 1.54) is 42.8 Å². The molecular formula is C25H34N2O4S. The molecule has 7 heteroatoms. The van der Waals surface area contributed by atoms with Crippen molar-refractivity contribution in [3.63, 3.8) is 0 Å². The van der Waals surface area contributed by atoms with Crippen molar-refractivity contribution >= 4 is 22.0 Å². The fourth-order valence-corrected chi connectivity index (χ4v) is 8.39. The maximum atomic E-state index is 12.7. The molecule has 4 bridgehead atoms. The summed E-state index contributed by atoms with van der Waals surface area (Å²) >= 11 is 0. The summed E-state index contributed by atoms with van der Waals surface area (Å²) < 4.78 is 32.2. The molecule has 4 aliphatic carbocycles. The zero-order valence-electron chi connectivity index (χ0n) is 18.8. The number of rotatable bonds is 6. The number of amides is 1. The number of hydrogen-bond donors (Lipinski definition) is 1. The van der Waals surface area contributed by atoms with Crippen LogP contribution in [-0.4, -0.2) is 51.0 Å². The molecule has 174 valence electrons. The summed E-state index contributed by atoms with van der Waals surface area (Å²) in [7, 11) is -3.50. The van der Waals surface area contributed by atoms with E-state index >= 15 is 0 Å². The van der Waals surface area contributed by atoms with E-state index in [2.05, 4.69) is 12.2 Å². The van der Waals surface area contributed by atoms with Gasteiger partial charge >= 0.3 is 0 Å². The highest BCUT2D eigenvalue weighted by Crippen LogP contribution is 2.61. The Hall–Kier alpha value is -1.70. The number of hydrogen-bond acceptors (Lipinski definition) is 4. The first-order chi connectivity index (χ1) is 15.3. The van der Waals surface area contributed by atoms with Crippen molar-refractivity contribution in [1.82, 2.24) is 9.62 Å². The molecule has 0 radical (unpaired) electrons. The first-order valence-electron chi connectivity index (χ1n) is 12.0. The number of carbonyl (C=O) groups is 1. The Bertz CT molecular complexity index is 944. The Labute approximate surface area is 191 Å². The molecule has 1 saturated heterocycles. The van der Waals surface area contributed by atoms with Crippen molar-refractivity contribution in [3.8, 4) is 0 Å². The Kier molecular flexibility index (Phi) is 5.93. The molecule has 6 nitrogen and oxygen atoms in total. The van der Waals surface area contributed by atoms with E-state index in [4.69, 9.17) is 4.74 Å². The molecule has 6 rings (SSSR count). The SMILES string of the molecule is CC(NC(=O)/C=C/c1ccc(S(=O)(=O)N2CCOCC2)cc1)C12CC3CC(CC(C3)C1)C2. The molecule has 1 N–H and O–H groups in total. The van der Waals surface area contributed by atoms with E-state index in [1.807, 2.05) is 0 Å². The largest absolute Gasteiger partial charge is 0.379 e. The van der Waals surface area contributed by atoms with E-state index in [0.717, 1.165) is 23.3 Å². The third-order valence-electron chi connectivity index (χ3n) is 8.28. The Morgan fingerprint density at radius 1 is 1.06 bits per heavy atom. The monoisotopic (exact) mass is 458 g/mol. The van der Waals surface area contributed by atoms with Crippen LogP contribution in [0.2, 0.25) is 0 Å². The second-order valence-electron chi connectivity index (χ2n) is 10.4. The van der Waals surface area contributed by atoms with Crippen molar-refractivity contribution in [3.05, 3.63) is 35.9 Å². The minimum absolute atomic E-state index is 0.0711. The predicted octanol–water partition coefficient (Wildman–Crippen LogP) is 3.44. The highest BCUT2D eigenvalue weighted by Gasteiger charge is 2.53. The summed E-state index contributed by atoms with van der Waals surface area (Å²) in [5, 5.41) is 3.25. The first-order valence-corrected chi connectivity index (χ1v) is 13.4. The third kappa shape index (κ3) is 4.27. The zero-order chi connectivity index (χ0) is 22.3. The average Bonchev–Trinajstić information content (AvgIpc) is 2.78. The third-order valence-corrected chi connectivity index (χ3v) is 10.2. The molecule has 1 unspecified atom stereocenters. The van der Waals surface area contributed by atoms with Crippen molar-refractivity contribution < 1.29 is 17.9 Å². The lowest BCUT2D eigenvalue weighted by Gasteiger charge is -2.59. The van der Waals surface area contributed by atoms with Crippen LogP contribution in [-0.2, 0) is 19.6 Å². The number of sulfonamides is 1. The molecule has 1 aromatic carbocycles. The lowest BCUT2D eigenvalue weighted by atomic mass is 9.48. The Balaban J connectivity index is 1.20. The predicted molar refractivity (Wildman–Crippen MR) is 123 cm³/mol. The van der Waals surface area contributed by atoms with E-state index in [9.17, 15) is 13.2 Å². The summed E-state index contributed by atoms with van der Waals surface area (Å²) in [4.78, 5) is 12.9. The van der Waals surface area contributed by atoms with Gasteiger partial charge in [-0.15, -0.1) is 0 Å². The highest BCUT2D eigenvalue weighted by atomic mass is 32.2.